The number of nitrogens with one attached hydrogen (secondary N) is 1. The first kappa shape index (κ1) is 23.7. The number of hydrogen-bond donors (Lipinski definition) is 1. The fraction of sp³-hybridized carbons (Fsp3) is 0.133. The van der Waals surface area contributed by atoms with E-state index < -0.39 is 0 Å². The maximum Gasteiger partial charge on any atom is 0.254 e. The Kier molecular flexibility index (Phi) is 5.59. The van der Waals surface area contributed by atoms with Crippen LogP contribution in [0.15, 0.2) is 84.0 Å². The first-order valence-corrected chi connectivity index (χ1v) is 12.9. The number of fused-ring (bicyclic) bond motifs is 2. The number of nitrogens with zero attached hydrogens (tertiary/aromatic N) is 7. The zero-order valence-electron chi connectivity index (χ0n) is 21.9. The van der Waals surface area contributed by atoms with Gasteiger partial charge in [0, 0.05) is 22.2 Å². The number of hydrazone groups is 1. The molecule has 0 spiro atoms. The molecule has 0 radical (unpaired) electrons. The van der Waals surface area contributed by atoms with Gasteiger partial charge in [0.15, 0.2) is 22.8 Å². The van der Waals surface area contributed by atoms with Crippen LogP contribution >= 0.6 is 0 Å². The third-order valence-corrected chi connectivity index (χ3v) is 6.93. The molecule has 3 aromatic heterocycles. The Hall–Kier alpha value is -5.38. The van der Waals surface area contributed by atoms with Gasteiger partial charge in [-0.15, -0.1) is 5.10 Å². The van der Waals surface area contributed by atoms with Gasteiger partial charge in [0.1, 0.15) is 5.75 Å². The number of anilines is 1. The Balaban J connectivity index is 1.50. The lowest BCUT2D eigenvalue weighted by molar-refractivity contribution is -0.116. The van der Waals surface area contributed by atoms with Gasteiger partial charge >= 0.3 is 0 Å². The lowest BCUT2D eigenvalue weighted by atomic mass is 10.0. The molecule has 0 bridgehead atoms. The van der Waals surface area contributed by atoms with Crippen molar-refractivity contribution >= 4 is 39.5 Å². The van der Waals surface area contributed by atoms with E-state index in [0.29, 0.717) is 40.8 Å². The number of benzene rings is 3. The second-order valence-electron chi connectivity index (χ2n) is 9.65. The molecule has 0 aliphatic carbocycles. The molecule has 1 N–H and O–H groups in total. The van der Waals surface area contributed by atoms with Crippen LogP contribution in [0, 0.1) is 0 Å². The molecule has 1 amide bonds. The minimum atomic E-state index is -0.175. The van der Waals surface area contributed by atoms with Crippen molar-refractivity contribution in [2.24, 2.45) is 5.10 Å². The number of carbonyl (C=O) groups is 1. The fourth-order valence-corrected chi connectivity index (χ4v) is 5.06. The molecule has 1 aliphatic rings. The van der Waals surface area contributed by atoms with Crippen molar-refractivity contribution in [2.75, 3.05) is 12.1 Å². The highest BCUT2D eigenvalue weighted by Crippen LogP contribution is 2.40. The van der Waals surface area contributed by atoms with Crippen LogP contribution in [-0.2, 0) is 11.3 Å². The summed E-state index contributed by atoms with van der Waals surface area (Å²) in [4.78, 5) is 26.3. The van der Waals surface area contributed by atoms with Crippen LogP contribution in [0.3, 0.4) is 0 Å². The molecule has 40 heavy (non-hydrogen) atoms. The number of carbonyl (C=O) groups excluding carboxylic acids is 1. The first-order chi connectivity index (χ1) is 19.6. The second kappa shape index (κ2) is 9.42. The summed E-state index contributed by atoms with van der Waals surface area (Å²) in [6, 6.07) is 25.9. The summed E-state index contributed by atoms with van der Waals surface area (Å²) in [5.74, 6) is 1.27. The van der Waals surface area contributed by atoms with Crippen molar-refractivity contribution in [3.8, 4) is 28.4 Å². The van der Waals surface area contributed by atoms with E-state index in [-0.39, 0.29) is 12.3 Å². The van der Waals surface area contributed by atoms with Gasteiger partial charge < -0.3 is 9.72 Å². The molecule has 0 unspecified atom stereocenters. The Labute approximate surface area is 228 Å². The smallest absolute Gasteiger partial charge is 0.254 e. The highest BCUT2D eigenvalue weighted by molar-refractivity contribution is 6.14. The van der Waals surface area contributed by atoms with Crippen molar-refractivity contribution in [1.29, 1.82) is 0 Å². The van der Waals surface area contributed by atoms with Crippen LogP contribution in [0.5, 0.6) is 5.75 Å². The van der Waals surface area contributed by atoms with Gasteiger partial charge in [-0.05, 0) is 36.2 Å². The molecule has 3 aromatic carbocycles. The molecule has 4 heterocycles. The van der Waals surface area contributed by atoms with E-state index in [4.69, 9.17) is 14.7 Å². The van der Waals surface area contributed by atoms with Crippen molar-refractivity contribution in [3.63, 3.8) is 0 Å². The minimum absolute atomic E-state index is 0.175. The van der Waals surface area contributed by atoms with Gasteiger partial charge in [0.25, 0.3) is 5.91 Å². The summed E-state index contributed by atoms with van der Waals surface area (Å²) in [7, 11) is 1.65. The summed E-state index contributed by atoms with van der Waals surface area (Å²) in [5.41, 5.74) is 6.19. The van der Waals surface area contributed by atoms with Crippen LogP contribution in [0.4, 0.5) is 5.82 Å². The summed E-state index contributed by atoms with van der Waals surface area (Å²) in [5, 5.41) is 15.5. The highest BCUT2D eigenvalue weighted by Gasteiger charge is 2.30. The number of aromatic amines is 1. The number of H-pyrrole nitrogens is 1. The van der Waals surface area contributed by atoms with E-state index >= 15 is 0 Å². The third-order valence-electron chi connectivity index (χ3n) is 6.93. The molecule has 0 atom stereocenters. The lowest BCUT2D eigenvalue weighted by Crippen LogP contribution is -2.21. The summed E-state index contributed by atoms with van der Waals surface area (Å²) in [6.07, 6.45) is 0.223. The molecule has 0 fully saturated rings. The molecule has 0 saturated carbocycles. The average Bonchev–Trinajstić information content (AvgIpc) is 3.67. The van der Waals surface area contributed by atoms with Crippen molar-refractivity contribution in [2.45, 2.75) is 19.9 Å². The van der Waals surface area contributed by atoms with Crippen LogP contribution in [-0.4, -0.2) is 48.7 Å². The molecule has 1 aliphatic heterocycles. The number of methoxy groups -OCH3 is 1. The molecule has 6 aromatic rings. The number of hydrogen-bond acceptors (Lipinski definition) is 7. The molecule has 196 valence electrons. The Morgan fingerprint density at radius 3 is 2.48 bits per heavy atom. The van der Waals surface area contributed by atoms with Gasteiger partial charge in [-0.1, -0.05) is 65.9 Å². The maximum atomic E-state index is 12.9. The van der Waals surface area contributed by atoms with Crippen LogP contribution < -0.4 is 9.75 Å². The van der Waals surface area contributed by atoms with Crippen LogP contribution in [0.1, 0.15) is 18.9 Å². The largest absolute Gasteiger partial charge is 0.497 e. The normalized spacial score (nSPS) is 13.4. The van der Waals surface area contributed by atoms with Gasteiger partial charge in [0.05, 0.1) is 25.8 Å². The predicted octanol–water partition coefficient (Wildman–Crippen LogP) is 5.21. The molecule has 10 nitrogen and oxygen atoms in total. The van der Waals surface area contributed by atoms with E-state index in [9.17, 15) is 4.79 Å². The molecular weight excluding hydrogens is 504 g/mol. The number of ether oxygens (including phenoxy) is 1. The van der Waals surface area contributed by atoms with Crippen molar-refractivity contribution < 1.29 is 9.53 Å². The quantitative estimate of drug-likeness (QED) is 0.318. The van der Waals surface area contributed by atoms with E-state index in [1.54, 1.807) is 11.8 Å². The SMILES string of the molecule is COc1ccc2[nH]c(-c3nc(N4N=C(C)CC4=O)c4nnn(Cc5ccccc5)c4n3)c(-c3ccccc3)c2c1. The van der Waals surface area contributed by atoms with Gasteiger partial charge in [-0.3, -0.25) is 4.79 Å². The standard InChI is InChI=1S/C30H24N8O2/c1-18-15-24(39)38(35-18)30-27-29(37(36-34-27)17-19-9-5-3-6-10-19)32-28(33-30)26-25(20-11-7-4-8-12-20)22-16-21(40-2)13-14-23(22)31-26/h3-14,16,31H,15,17H2,1-2H3. The highest BCUT2D eigenvalue weighted by atomic mass is 16.5. The Morgan fingerprint density at radius 2 is 1.75 bits per heavy atom. The fourth-order valence-electron chi connectivity index (χ4n) is 5.06. The Morgan fingerprint density at radius 1 is 0.975 bits per heavy atom. The van der Waals surface area contributed by atoms with Gasteiger partial charge in [0.2, 0.25) is 0 Å². The van der Waals surface area contributed by atoms with E-state index in [1.807, 2.05) is 85.8 Å². The van der Waals surface area contributed by atoms with E-state index in [0.717, 1.165) is 33.3 Å². The lowest BCUT2D eigenvalue weighted by Gasteiger charge is -2.13. The van der Waals surface area contributed by atoms with Crippen LogP contribution in [0.2, 0.25) is 0 Å². The molecule has 7 rings (SSSR count). The second-order valence-corrected chi connectivity index (χ2v) is 9.65. The monoisotopic (exact) mass is 528 g/mol. The minimum Gasteiger partial charge on any atom is -0.497 e. The zero-order chi connectivity index (χ0) is 27.2. The molecule has 0 saturated heterocycles. The number of amides is 1. The van der Waals surface area contributed by atoms with Crippen molar-refractivity contribution in [3.05, 3.63) is 84.4 Å². The van der Waals surface area contributed by atoms with Crippen molar-refractivity contribution in [1.82, 2.24) is 29.9 Å². The summed E-state index contributed by atoms with van der Waals surface area (Å²) < 4.78 is 7.26. The first-order valence-electron chi connectivity index (χ1n) is 12.9. The summed E-state index contributed by atoms with van der Waals surface area (Å²) in [6.45, 7) is 2.28. The number of rotatable bonds is 6. The van der Waals surface area contributed by atoms with E-state index in [1.165, 1.54) is 5.01 Å². The maximum absolute atomic E-state index is 12.9. The third kappa shape index (κ3) is 3.97. The zero-order valence-corrected chi connectivity index (χ0v) is 21.9. The predicted molar refractivity (Wildman–Crippen MR) is 153 cm³/mol. The topological polar surface area (TPSA) is 114 Å². The van der Waals surface area contributed by atoms with E-state index in [2.05, 4.69) is 20.4 Å². The number of aromatic nitrogens is 6. The average molecular weight is 529 g/mol. The van der Waals surface area contributed by atoms with Gasteiger partial charge in [-0.2, -0.15) is 10.1 Å². The Bertz CT molecular complexity index is 1930. The molecule has 10 heteroatoms. The molecular formula is C30H24N8O2. The van der Waals surface area contributed by atoms with Gasteiger partial charge in [-0.25, -0.2) is 14.6 Å². The van der Waals surface area contributed by atoms with Crippen LogP contribution in [0.25, 0.3) is 44.7 Å². The summed E-state index contributed by atoms with van der Waals surface area (Å²) >= 11 is 0.